The Morgan fingerprint density at radius 1 is 0.740 bits per heavy atom. The third-order valence-corrected chi connectivity index (χ3v) is 6.48. The summed E-state index contributed by atoms with van der Waals surface area (Å²) in [4.78, 5) is 83.1. The molecule has 0 bridgehead atoms. The number of hydrogen-bond acceptors (Lipinski definition) is 11. The smallest absolute Gasteiger partial charge is 0.408 e. The van der Waals surface area contributed by atoms with Crippen LogP contribution in [0.5, 0.6) is 0 Å². The lowest BCUT2D eigenvalue weighted by Gasteiger charge is -2.23. The topological polar surface area (TPSA) is 280 Å². The van der Waals surface area contributed by atoms with Crippen LogP contribution in [0.15, 0.2) is 58.8 Å². The number of aliphatic carboxylic acids is 2. The molecule has 2 atom stereocenters. The van der Waals surface area contributed by atoms with Crippen LogP contribution in [0, 0.1) is 5.92 Å². The van der Waals surface area contributed by atoms with E-state index >= 15 is 0 Å². The molecular weight excluding hydrogens is 656 g/mol. The molecule has 0 spiro atoms. The number of anilines is 2. The maximum Gasteiger partial charge on any atom is 0.408 e. The number of azo groups is 1. The van der Waals surface area contributed by atoms with Gasteiger partial charge in [0, 0.05) is 17.8 Å². The molecule has 9 N–H and O–H groups in total. The fourth-order valence-corrected chi connectivity index (χ4v) is 4.07. The molecule has 0 saturated heterocycles. The number of benzene rings is 2. The highest BCUT2D eigenvalue weighted by Gasteiger charge is 2.30. The van der Waals surface area contributed by atoms with Crippen LogP contribution in [-0.4, -0.2) is 83.2 Å². The maximum atomic E-state index is 12.3. The molecule has 1 unspecified atom stereocenters. The van der Waals surface area contributed by atoms with Gasteiger partial charge in [-0.15, -0.1) is 0 Å². The van der Waals surface area contributed by atoms with E-state index in [0.717, 1.165) is 0 Å². The Morgan fingerprint density at radius 2 is 1.24 bits per heavy atom. The Labute approximate surface area is 287 Å². The van der Waals surface area contributed by atoms with E-state index in [1.54, 1.807) is 69.3 Å². The van der Waals surface area contributed by atoms with Gasteiger partial charge in [-0.1, -0.05) is 0 Å². The Bertz CT molecular complexity index is 1540. The summed E-state index contributed by atoms with van der Waals surface area (Å²) in [6.45, 7) is 3.83. The van der Waals surface area contributed by atoms with Crippen LogP contribution in [0.4, 0.5) is 27.5 Å². The number of carbonyl (C=O) groups excluding carboxylic acids is 5. The average molecular weight is 699 g/mol. The van der Waals surface area contributed by atoms with Crippen LogP contribution in [-0.2, 0) is 33.5 Å². The van der Waals surface area contributed by atoms with E-state index in [0.29, 0.717) is 22.7 Å². The van der Waals surface area contributed by atoms with E-state index in [2.05, 4.69) is 36.8 Å². The van der Waals surface area contributed by atoms with E-state index in [4.69, 9.17) is 10.5 Å². The van der Waals surface area contributed by atoms with Gasteiger partial charge < -0.3 is 47.3 Å². The summed E-state index contributed by atoms with van der Waals surface area (Å²) in [6.07, 6.45) is -1.58. The number of nitrogens with two attached hydrogens (primary N) is 1. The van der Waals surface area contributed by atoms with E-state index in [9.17, 15) is 43.8 Å². The van der Waals surface area contributed by atoms with E-state index < -0.39 is 66.3 Å². The van der Waals surface area contributed by atoms with Crippen molar-refractivity contribution in [2.24, 2.45) is 21.9 Å². The normalized spacial score (nSPS) is 12.2. The van der Waals surface area contributed by atoms with Gasteiger partial charge in [-0.25, -0.2) is 9.59 Å². The standard InChI is InChI=1S/C32H42N8O10/c1-32(2,3)50-31(49)38-24(30(47)48)15-19(29(45)46)5-4-6-25(41)34-17-27(43)35-18-28(44)37-21-9-13-23(14-10-21)40-39-22-11-7-20(8-12-22)36-26(42)16-33/h7-14,19,24H,4-6,15-18,33H2,1-3H3,(H,34,41)(H,35,43)(H,36,42)(H,37,44)(H,38,49)(H,45,46)(H,47,48)/b40-39+/t19?,24-/m0/s1. The molecule has 0 aliphatic heterocycles. The van der Waals surface area contributed by atoms with Crippen molar-refractivity contribution in [3.8, 4) is 0 Å². The number of ether oxygens (including phenoxy) is 1. The monoisotopic (exact) mass is 698 g/mol. The number of nitrogens with zero attached hydrogens (tertiary/aromatic N) is 2. The summed E-state index contributed by atoms with van der Waals surface area (Å²) in [5, 5.41) is 39.3. The predicted octanol–water partition coefficient (Wildman–Crippen LogP) is 2.41. The highest BCUT2D eigenvalue weighted by molar-refractivity contribution is 5.95. The summed E-state index contributed by atoms with van der Waals surface area (Å²) in [7, 11) is 0. The number of alkyl carbamates (subject to hydrolysis) is 1. The molecule has 0 aromatic heterocycles. The van der Waals surface area contributed by atoms with Gasteiger partial charge in [-0.3, -0.25) is 24.0 Å². The summed E-state index contributed by atoms with van der Waals surface area (Å²) < 4.78 is 5.03. The lowest BCUT2D eigenvalue weighted by atomic mass is 9.94. The van der Waals surface area contributed by atoms with Gasteiger partial charge >= 0.3 is 18.0 Å². The molecule has 2 aromatic rings. The molecule has 0 aliphatic carbocycles. The number of carboxylic acids is 2. The van der Waals surface area contributed by atoms with Crippen molar-refractivity contribution in [3.63, 3.8) is 0 Å². The van der Waals surface area contributed by atoms with Crippen molar-refractivity contribution < 1.29 is 48.5 Å². The first-order chi connectivity index (χ1) is 23.5. The molecular formula is C32H42N8O10. The molecule has 270 valence electrons. The zero-order valence-corrected chi connectivity index (χ0v) is 27.9. The Kier molecular flexibility index (Phi) is 15.9. The number of carboxylic acid groups (broad SMARTS) is 2. The fraction of sp³-hybridized carbons (Fsp3) is 0.406. The minimum Gasteiger partial charge on any atom is -0.481 e. The average Bonchev–Trinajstić information content (AvgIpc) is 3.04. The predicted molar refractivity (Wildman–Crippen MR) is 180 cm³/mol. The first-order valence-corrected chi connectivity index (χ1v) is 15.4. The largest absolute Gasteiger partial charge is 0.481 e. The van der Waals surface area contributed by atoms with Crippen molar-refractivity contribution in [2.75, 3.05) is 30.3 Å². The minimum absolute atomic E-state index is 0.0649. The molecule has 2 aromatic carbocycles. The molecule has 5 amide bonds. The van der Waals surface area contributed by atoms with Gasteiger partial charge in [0.25, 0.3) is 0 Å². The third kappa shape index (κ3) is 16.3. The summed E-state index contributed by atoms with van der Waals surface area (Å²) in [5.41, 5.74) is 6.45. The quantitative estimate of drug-likeness (QED) is 0.105. The summed E-state index contributed by atoms with van der Waals surface area (Å²) >= 11 is 0. The molecule has 0 saturated carbocycles. The highest BCUT2D eigenvalue weighted by atomic mass is 16.6. The van der Waals surface area contributed by atoms with Gasteiger partial charge in [-0.05, 0) is 88.6 Å². The first-order valence-electron chi connectivity index (χ1n) is 15.4. The number of hydrogen-bond donors (Lipinski definition) is 8. The number of nitrogens with one attached hydrogen (secondary N) is 5. The van der Waals surface area contributed by atoms with Crippen molar-refractivity contribution >= 4 is 64.4 Å². The molecule has 2 rings (SSSR count). The van der Waals surface area contributed by atoms with Gasteiger partial charge in [0.1, 0.15) is 11.6 Å². The molecule has 0 radical (unpaired) electrons. The van der Waals surface area contributed by atoms with Crippen LogP contribution in [0.2, 0.25) is 0 Å². The fourth-order valence-electron chi connectivity index (χ4n) is 4.07. The summed E-state index contributed by atoms with van der Waals surface area (Å²) in [5.74, 6) is -5.95. The van der Waals surface area contributed by atoms with Crippen molar-refractivity contribution in [3.05, 3.63) is 48.5 Å². The zero-order chi connectivity index (χ0) is 37.3. The van der Waals surface area contributed by atoms with Crippen LogP contribution in [0.3, 0.4) is 0 Å². The molecule has 0 fully saturated rings. The maximum absolute atomic E-state index is 12.3. The Morgan fingerprint density at radius 3 is 1.72 bits per heavy atom. The van der Waals surface area contributed by atoms with Crippen molar-refractivity contribution in [1.29, 1.82) is 0 Å². The van der Waals surface area contributed by atoms with Crippen molar-refractivity contribution in [2.45, 2.75) is 58.1 Å². The van der Waals surface area contributed by atoms with E-state index in [1.165, 1.54) is 0 Å². The van der Waals surface area contributed by atoms with Crippen LogP contribution < -0.4 is 32.3 Å². The lowest BCUT2D eigenvalue weighted by Crippen LogP contribution is -2.45. The second kappa shape index (κ2) is 19.8. The van der Waals surface area contributed by atoms with Crippen LogP contribution in [0.25, 0.3) is 0 Å². The van der Waals surface area contributed by atoms with Crippen LogP contribution in [0.1, 0.15) is 46.5 Å². The second-order valence-electron chi connectivity index (χ2n) is 11.8. The molecule has 18 heteroatoms. The molecule has 50 heavy (non-hydrogen) atoms. The van der Waals surface area contributed by atoms with Gasteiger partial charge in [-0.2, -0.15) is 10.2 Å². The van der Waals surface area contributed by atoms with E-state index in [-0.39, 0.29) is 38.3 Å². The van der Waals surface area contributed by atoms with Gasteiger partial charge in [0.2, 0.25) is 23.6 Å². The Balaban J connectivity index is 1.71. The van der Waals surface area contributed by atoms with Crippen LogP contribution >= 0.6 is 0 Å². The second-order valence-corrected chi connectivity index (χ2v) is 11.8. The lowest BCUT2D eigenvalue weighted by molar-refractivity contribution is -0.144. The zero-order valence-electron chi connectivity index (χ0n) is 27.9. The molecule has 18 nitrogen and oxygen atoms in total. The Hall–Kier alpha value is -5.91. The first kappa shape index (κ1) is 40.3. The van der Waals surface area contributed by atoms with Crippen molar-refractivity contribution in [1.82, 2.24) is 16.0 Å². The number of rotatable bonds is 18. The minimum atomic E-state index is -1.52. The third-order valence-electron chi connectivity index (χ3n) is 6.48. The van der Waals surface area contributed by atoms with Gasteiger partial charge in [0.15, 0.2) is 0 Å². The summed E-state index contributed by atoms with van der Waals surface area (Å²) in [6, 6.07) is 11.5. The number of carbonyl (C=O) groups is 7. The molecule has 0 aliphatic rings. The highest BCUT2D eigenvalue weighted by Crippen LogP contribution is 2.22. The van der Waals surface area contributed by atoms with E-state index in [1.807, 2.05) is 0 Å². The SMILES string of the molecule is CC(C)(C)OC(=O)N[C@@H](CC(CCCC(=O)NCC(=O)NCC(=O)Nc1ccc(/N=N/c2ccc(NC(=O)CN)cc2)cc1)C(=O)O)C(=O)O. The number of amides is 5. The van der Waals surface area contributed by atoms with Gasteiger partial charge in [0.05, 0.1) is 36.9 Å². The molecule has 0 heterocycles.